The third-order valence-electron chi connectivity index (χ3n) is 4.43. The fraction of sp³-hybridized carbons (Fsp3) is 0.391. The van der Waals surface area contributed by atoms with Gasteiger partial charge in [-0.15, -0.1) is 0 Å². The highest BCUT2D eigenvalue weighted by molar-refractivity contribution is 5.80. The molecule has 0 radical (unpaired) electrons. The summed E-state index contributed by atoms with van der Waals surface area (Å²) in [4.78, 5) is 16.2. The fourth-order valence-electron chi connectivity index (χ4n) is 2.85. The van der Waals surface area contributed by atoms with Crippen molar-refractivity contribution in [3.8, 4) is 5.75 Å². The minimum atomic E-state index is -0.345. The summed E-state index contributed by atoms with van der Waals surface area (Å²) in [6.45, 7) is 4.48. The van der Waals surface area contributed by atoms with Gasteiger partial charge in [-0.05, 0) is 36.2 Å². The van der Waals surface area contributed by atoms with Crippen LogP contribution in [0.5, 0.6) is 5.75 Å². The van der Waals surface area contributed by atoms with Crippen molar-refractivity contribution < 1.29 is 18.7 Å². The van der Waals surface area contributed by atoms with Gasteiger partial charge < -0.3 is 25.4 Å². The zero-order valence-electron chi connectivity index (χ0n) is 18.3. The van der Waals surface area contributed by atoms with Crippen LogP contribution in [0.3, 0.4) is 0 Å². The molecule has 0 aromatic heterocycles. The van der Waals surface area contributed by atoms with Gasteiger partial charge in [-0.25, -0.2) is 4.39 Å². The molecule has 1 amide bonds. The summed E-state index contributed by atoms with van der Waals surface area (Å²) in [5, 5.41) is 9.21. The average molecular weight is 431 g/mol. The van der Waals surface area contributed by atoms with Crippen LogP contribution >= 0.6 is 0 Å². The summed E-state index contributed by atoms with van der Waals surface area (Å²) >= 11 is 0. The Labute approximate surface area is 183 Å². The largest absolute Gasteiger partial charge is 0.491 e. The number of hydrogen-bond donors (Lipinski definition) is 3. The molecule has 0 atom stereocenters. The quantitative estimate of drug-likeness (QED) is 0.289. The molecule has 0 aliphatic carbocycles. The summed E-state index contributed by atoms with van der Waals surface area (Å²) in [7, 11) is 3.32. The van der Waals surface area contributed by atoms with E-state index in [2.05, 4.69) is 20.9 Å². The predicted molar refractivity (Wildman–Crippen MR) is 120 cm³/mol. The molecular formula is C23H31FN4O3. The second-order valence-electron chi connectivity index (χ2n) is 6.96. The lowest BCUT2D eigenvalue weighted by molar-refractivity contribution is -0.120. The first kappa shape index (κ1) is 24.1. The minimum Gasteiger partial charge on any atom is -0.491 e. The Balaban J connectivity index is 1.74. The monoisotopic (exact) mass is 430 g/mol. The smallest absolute Gasteiger partial charge is 0.224 e. The lowest BCUT2D eigenvalue weighted by Crippen LogP contribution is -2.41. The summed E-state index contributed by atoms with van der Waals surface area (Å²) in [5.41, 5.74) is 2.77. The number of carbonyl (C=O) groups excluding carboxylic acids is 1. The van der Waals surface area contributed by atoms with Crippen molar-refractivity contribution in [3.05, 3.63) is 65.0 Å². The van der Waals surface area contributed by atoms with Gasteiger partial charge >= 0.3 is 0 Å². The van der Waals surface area contributed by atoms with Crippen molar-refractivity contribution >= 4 is 11.9 Å². The topological polar surface area (TPSA) is 84.0 Å². The normalized spacial score (nSPS) is 11.2. The highest BCUT2D eigenvalue weighted by Gasteiger charge is 2.07. The highest BCUT2D eigenvalue weighted by Crippen LogP contribution is 2.20. The molecule has 0 spiro atoms. The van der Waals surface area contributed by atoms with Gasteiger partial charge in [0.15, 0.2) is 5.96 Å². The number of aryl methyl sites for hydroxylation is 1. The Hall–Kier alpha value is -3.13. The van der Waals surface area contributed by atoms with Crippen molar-refractivity contribution in [2.45, 2.75) is 19.9 Å². The van der Waals surface area contributed by atoms with Crippen LogP contribution in [0.1, 0.15) is 16.7 Å². The van der Waals surface area contributed by atoms with Crippen LogP contribution in [-0.2, 0) is 22.5 Å². The van der Waals surface area contributed by atoms with E-state index in [4.69, 9.17) is 9.47 Å². The number of ether oxygens (including phenoxy) is 2. The van der Waals surface area contributed by atoms with Crippen LogP contribution in [0.15, 0.2) is 47.5 Å². The van der Waals surface area contributed by atoms with Gasteiger partial charge in [0.25, 0.3) is 0 Å². The van der Waals surface area contributed by atoms with Crippen molar-refractivity contribution in [3.63, 3.8) is 0 Å². The molecule has 2 rings (SSSR count). The van der Waals surface area contributed by atoms with Crippen molar-refractivity contribution in [1.29, 1.82) is 0 Å². The van der Waals surface area contributed by atoms with Crippen molar-refractivity contribution in [2.75, 3.05) is 40.5 Å². The molecule has 0 aliphatic heterocycles. The Morgan fingerprint density at radius 1 is 1.06 bits per heavy atom. The maximum absolute atomic E-state index is 13.2. The Morgan fingerprint density at radius 3 is 2.61 bits per heavy atom. The van der Waals surface area contributed by atoms with E-state index in [1.165, 1.54) is 12.1 Å². The molecule has 0 saturated carbocycles. The Bertz CT molecular complexity index is 874. The molecule has 2 aromatic rings. The first-order valence-corrected chi connectivity index (χ1v) is 10.2. The zero-order chi connectivity index (χ0) is 22.5. The first-order chi connectivity index (χ1) is 15.0. The van der Waals surface area contributed by atoms with Gasteiger partial charge in [0.2, 0.25) is 5.91 Å². The number of rotatable bonds is 11. The van der Waals surface area contributed by atoms with E-state index in [-0.39, 0.29) is 18.1 Å². The molecule has 0 fully saturated rings. The maximum Gasteiger partial charge on any atom is 0.224 e. The van der Waals surface area contributed by atoms with Crippen LogP contribution in [0.25, 0.3) is 0 Å². The molecule has 8 heteroatoms. The van der Waals surface area contributed by atoms with E-state index in [1.54, 1.807) is 26.3 Å². The molecular weight excluding hydrogens is 399 g/mol. The number of guanidine groups is 1. The van der Waals surface area contributed by atoms with Crippen LogP contribution in [0.2, 0.25) is 0 Å². The molecule has 0 unspecified atom stereocenters. The molecule has 0 bridgehead atoms. The van der Waals surface area contributed by atoms with Crippen molar-refractivity contribution in [2.24, 2.45) is 4.99 Å². The van der Waals surface area contributed by atoms with E-state index in [9.17, 15) is 9.18 Å². The molecule has 3 N–H and O–H groups in total. The Morgan fingerprint density at radius 2 is 1.87 bits per heavy atom. The van der Waals surface area contributed by atoms with Crippen LogP contribution in [-0.4, -0.2) is 52.3 Å². The number of amides is 1. The number of nitrogens with one attached hydrogen (secondary N) is 3. The average Bonchev–Trinajstić information content (AvgIpc) is 2.74. The van der Waals surface area contributed by atoms with Gasteiger partial charge in [0.05, 0.1) is 13.0 Å². The zero-order valence-corrected chi connectivity index (χ0v) is 18.3. The molecule has 0 aliphatic rings. The SMILES string of the molecule is CN=C(NCCNC(=O)Cc1cccc(F)c1)NCc1ccc(C)cc1OCCOC. The summed E-state index contributed by atoms with van der Waals surface area (Å²) in [6, 6.07) is 12.1. The molecule has 2 aromatic carbocycles. The van der Waals surface area contributed by atoms with E-state index >= 15 is 0 Å². The lowest BCUT2D eigenvalue weighted by Gasteiger charge is -2.15. The number of methoxy groups -OCH3 is 1. The number of carbonyl (C=O) groups is 1. The minimum absolute atomic E-state index is 0.143. The third kappa shape index (κ3) is 9.04. The van der Waals surface area contributed by atoms with Gasteiger partial charge in [-0.1, -0.05) is 24.3 Å². The molecule has 7 nitrogen and oxygen atoms in total. The van der Waals surface area contributed by atoms with Crippen LogP contribution in [0.4, 0.5) is 4.39 Å². The standard InChI is InChI=1S/C23H31FN4O3/c1-17-7-8-19(21(13-17)31-12-11-30-3)16-28-23(25-2)27-10-9-26-22(29)15-18-5-4-6-20(24)14-18/h4-8,13-14H,9-12,15-16H2,1-3H3,(H,26,29)(H2,25,27,28). The Kier molecular flexibility index (Phi) is 10.3. The number of halogens is 1. The molecule has 0 heterocycles. The number of benzene rings is 2. The van der Waals surface area contributed by atoms with Crippen LogP contribution < -0.4 is 20.7 Å². The van der Waals surface area contributed by atoms with E-state index in [1.807, 2.05) is 25.1 Å². The second-order valence-corrected chi connectivity index (χ2v) is 6.96. The van der Waals surface area contributed by atoms with E-state index in [0.717, 1.165) is 16.9 Å². The number of hydrogen-bond acceptors (Lipinski definition) is 4. The summed E-state index contributed by atoms with van der Waals surface area (Å²) < 4.78 is 24.0. The number of nitrogens with zero attached hydrogens (tertiary/aromatic N) is 1. The van der Waals surface area contributed by atoms with Gasteiger partial charge in [0, 0.05) is 39.4 Å². The van der Waals surface area contributed by atoms with Gasteiger partial charge in [-0.3, -0.25) is 9.79 Å². The fourth-order valence-corrected chi connectivity index (χ4v) is 2.85. The summed E-state index contributed by atoms with van der Waals surface area (Å²) in [5.74, 6) is 0.919. The van der Waals surface area contributed by atoms with Gasteiger partial charge in [-0.2, -0.15) is 0 Å². The van der Waals surface area contributed by atoms with Crippen molar-refractivity contribution in [1.82, 2.24) is 16.0 Å². The molecule has 168 valence electrons. The molecule has 31 heavy (non-hydrogen) atoms. The third-order valence-corrected chi connectivity index (χ3v) is 4.43. The van der Waals surface area contributed by atoms with Gasteiger partial charge in [0.1, 0.15) is 18.2 Å². The van der Waals surface area contributed by atoms with Crippen LogP contribution in [0, 0.1) is 12.7 Å². The molecule has 0 saturated heterocycles. The first-order valence-electron chi connectivity index (χ1n) is 10.2. The highest BCUT2D eigenvalue weighted by atomic mass is 19.1. The maximum atomic E-state index is 13.2. The van der Waals surface area contributed by atoms with E-state index in [0.29, 0.717) is 44.4 Å². The second kappa shape index (κ2) is 13.2. The number of aliphatic imine (C=N–C) groups is 1. The summed E-state index contributed by atoms with van der Waals surface area (Å²) in [6.07, 6.45) is 0.143. The lowest BCUT2D eigenvalue weighted by atomic mass is 10.1. The van der Waals surface area contributed by atoms with E-state index < -0.39 is 0 Å². The predicted octanol–water partition coefficient (Wildman–Crippen LogP) is 2.18.